The smallest absolute Gasteiger partial charge is 0.250 e. The Labute approximate surface area is 180 Å². The van der Waals surface area contributed by atoms with Crippen LogP contribution in [0.15, 0.2) is 77.6 Å². The second kappa shape index (κ2) is 6.41. The van der Waals surface area contributed by atoms with Gasteiger partial charge in [0.25, 0.3) is 5.56 Å². The molecule has 3 heterocycles. The fraction of sp³-hybridized carbons (Fsp3) is 0.250. The molecule has 31 heavy (non-hydrogen) atoms. The van der Waals surface area contributed by atoms with E-state index in [-0.39, 0.29) is 5.56 Å². The van der Waals surface area contributed by atoms with E-state index in [9.17, 15) is 4.79 Å². The molecule has 0 amide bonds. The van der Waals surface area contributed by atoms with E-state index in [1.807, 2.05) is 10.6 Å². The van der Waals surface area contributed by atoms with E-state index in [0.717, 1.165) is 26.2 Å². The zero-order chi connectivity index (χ0) is 20.5. The molecule has 2 aliphatic rings. The van der Waals surface area contributed by atoms with E-state index in [1.54, 1.807) is 6.07 Å². The van der Waals surface area contributed by atoms with Crippen molar-refractivity contribution < 1.29 is 0 Å². The van der Waals surface area contributed by atoms with Crippen LogP contribution in [0.4, 0.5) is 0 Å². The monoisotopic (exact) mass is 404 g/mol. The number of nitrogens with zero attached hydrogens (tertiary/aromatic N) is 2. The van der Waals surface area contributed by atoms with Gasteiger partial charge in [-0.05, 0) is 56.3 Å². The van der Waals surface area contributed by atoms with Crippen LogP contribution in [0.2, 0.25) is 0 Å². The van der Waals surface area contributed by atoms with Crippen LogP contribution in [0.3, 0.4) is 0 Å². The molecule has 4 aromatic carbocycles. The van der Waals surface area contributed by atoms with Crippen LogP contribution in [-0.4, -0.2) is 22.6 Å². The van der Waals surface area contributed by atoms with Gasteiger partial charge in [0, 0.05) is 43.9 Å². The first-order valence-corrected chi connectivity index (χ1v) is 11.3. The molecule has 0 aliphatic carbocycles. The topological polar surface area (TPSA) is 25.2 Å². The quantitative estimate of drug-likeness (QED) is 0.370. The van der Waals surface area contributed by atoms with E-state index in [1.165, 1.54) is 50.0 Å². The molecule has 1 fully saturated rings. The summed E-state index contributed by atoms with van der Waals surface area (Å²) in [5.74, 6) is 1.02. The van der Waals surface area contributed by atoms with Gasteiger partial charge >= 0.3 is 0 Å². The molecule has 5 aromatic rings. The van der Waals surface area contributed by atoms with Crippen LogP contribution in [-0.2, 0) is 13.1 Å². The van der Waals surface area contributed by atoms with Crippen molar-refractivity contribution in [2.24, 2.45) is 5.92 Å². The second-order valence-corrected chi connectivity index (χ2v) is 9.47. The molecule has 3 heteroatoms. The van der Waals surface area contributed by atoms with Gasteiger partial charge in [-0.25, -0.2) is 0 Å². The lowest BCUT2D eigenvalue weighted by Crippen LogP contribution is -2.46. The molecule has 1 aromatic heterocycles. The maximum Gasteiger partial charge on any atom is 0.250 e. The Balaban J connectivity index is 1.29. The summed E-state index contributed by atoms with van der Waals surface area (Å²) < 4.78 is 2.02. The summed E-state index contributed by atoms with van der Waals surface area (Å²) in [6.07, 6.45) is 1.21. The van der Waals surface area contributed by atoms with Gasteiger partial charge in [-0.3, -0.25) is 9.69 Å². The van der Waals surface area contributed by atoms with E-state index in [0.29, 0.717) is 11.8 Å². The Morgan fingerprint density at radius 3 is 2.35 bits per heavy atom. The van der Waals surface area contributed by atoms with E-state index in [4.69, 9.17) is 0 Å². The van der Waals surface area contributed by atoms with Gasteiger partial charge in [0.1, 0.15) is 0 Å². The van der Waals surface area contributed by atoms with Gasteiger partial charge in [0.05, 0.1) is 0 Å². The number of fused-ring (bicyclic) bond motifs is 4. The van der Waals surface area contributed by atoms with Crippen LogP contribution in [0.1, 0.15) is 23.6 Å². The van der Waals surface area contributed by atoms with E-state index < -0.39 is 0 Å². The average molecular weight is 405 g/mol. The highest BCUT2D eigenvalue weighted by molar-refractivity contribution is 6.23. The molecule has 0 N–H and O–H groups in total. The Kier molecular flexibility index (Phi) is 3.62. The highest BCUT2D eigenvalue weighted by Crippen LogP contribution is 2.38. The van der Waals surface area contributed by atoms with Crippen molar-refractivity contribution in [1.82, 2.24) is 9.47 Å². The Morgan fingerprint density at radius 1 is 0.742 bits per heavy atom. The normalized spacial score (nSPS) is 21.2. The standard InChI is InChI=1S/C28H24N2O/c31-26-6-2-5-25-23-13-18(15-30(25)26)14-29(17-23)16-22-10-9-21-8-7-19-3-1-4-20-11-12-24(22)28(21)27(19)20/h1-12,18,23H,13-17H2/t18-,23-/m1/s1. The van der Waals surface area contributed by atoms with Gasteiger partial charge in [-0.1, -0.05) is 60.7 Å². The first-order valence-electron chi connectivity index (χ1n) is 11.3. The lowest BCUT2D eigenvalue weighted by molar-refractivity contribution is 0.115. The predicted molar refractivity (Wildman–Crippen MR) is 127 cm³/mol. The molecular weight excluding hydrogens is 380 g/mol. The third-order valence-electron chi connectivity index (χ3n) is 7.57. The molecule has 0 saturated carbocycles. The van der Waals surface area contributed by atoms with Crippen molar-refractivity contribution in [2.45, 2.75) is 25.4 Å². The molecule has 0 radical (unpaired) electrons. The number of likely N-dealkylation sites (tertiary alicyclic amines) is 1. The first-order chi connectivity index (χ1) is 15.2. The summed E-state index contributed by atoms with van der Waals surface area (Å²) in [5, 5.41) is 8.15. The Bertz CT molecular complexity index is 1500. The van der Waals surface area contributed by atoms with Gasteiger partial charge in [0.15, 0.2) is 0 Å². The summed E-state index contributed by atoms with van der Waals surface area (Å²) in [5.41, 5.74) is 2.80. The molecule has 0 spiro atoms. The third-order valence-corrected chi connectivity index (χ3v) is 7.57. The van der Waals surface area contributed by atoms with Crippen LogP contribution in [0, 0.1) is 5.92 Å². The zero-order valence-corrected chi connectivity index (χ0v) is 17.4. The van der Waals surface area contributed by atoms with Gasteiger partial charge in [0.2, 0.25) is 0 Å². The number of benzene rings is 4. The average Bonchev–Trinajstić information content (AvgIpc) is 2.79. The van der Waals surface area contributed by atoms with Gasteiger partial charge in [-0.15, -0.1) is 0 Å². The summed E-state index contributed by atoms with van der Waals surface area (Å²) in [6.45, 7) is 3.93. The second-order valence-electron chi connectivity index (χ2n) is 9.47. The zero-order valence-electron chi connectivity index (χ0n) is 17.4. The maximum absolute atomic E-state index is 12.3. The van der Waals surface area contributed by atoms with Crippen LogP contribution >= 0.6 is 0 Å². The maximum atomic E-state index is 12.3. The van der Waals surface area contributed by atoms with Crippen molar-refractivity contribution in [3.8, 4) is 0 Å². The number of hydrogen-bond acceptors (Lipinski definition) is 2. The fourth-order valence-corrected chi connectivity index (χ4v) is 6.30. The number of rotatable bonds is 2. The summed E-state index contributed by atoms with van der Waals surface area (Å²) in [4.78, 5) is 14.9. The van der Waals surface area contributed by atoms with Gasteiger partial charge in [-0.2, -0.15) is 0 Å². The van der Waals surface area contributed by atoms with Crippen LogP contribution in [0.5, 0.6) is 0 Å². The van der Waals surface area contributed by atoms with E-state index >= 15 is 0 Å². The van der Waals surface area contributed by atoms with Crippen molar-refractivity contribution in [1.29, 1.82) is 0 Å². The third kappa shape index (κ3) is 2.60. The van der Waals surface area contributed by atoms with Crippen molar-refractivity contribution in [3.05, 3.63) is 94.4 Å². The minimum Gasteiger partial charge on any atom is -0.312 e. The SMILES string of the molecule is O=c1cccc2n1C[C@@H]1C[C@@H]2CN(Cc2ccc3ccc4cccc5ccc2c3c45)C1. The minimum atomic E-state index is 0.160. The molecule has 152 valence electrons. The predicted octanol–water partition coefficient (Wildman–Crippen LogP) is 5.37. The van der Waals surface area contributed by atoms with Crippen LogP contribution in [0.25, 0.3) is 32.3 Å². The van der Waals surface area contributed by atoms with Crippen molar-refractivity contribution >= 4 is 32.3 Å². The first kappa shape index (κ1) is 17.5. The lowest BCUT2D eigenvalue weighted by atomic mass is 9.83. The number of aromatic nitrogens is 1. The Hall–Kier alpha value is -3.17. The van der Waals surface area contributed by atoms with Gasteiger partial charge < -0.3 is 4.57 Å². The molecule has 0 unspecified atom stereocenters. The lowest BCUT2D eigenvalue weighted by Gasteiger charge is -2.43. The minimum absolute atomic E-state index is 0.160. The molecule has 1 saturated heterocycles. The summed E-state index contributed by atoms with van der Waals surface area (Å²) >= 11 is 0. The Morgan fingerprint density at radius 2 is 1.48 bits per heavy atom. The molecule has 3 nitrogen and oxygen atoms in total. The fourth-order valence-electron chi connectivity index (χ4n) is 6.30. The molecule has 2 bridgehead atoms. The summed E-state index contributed by atoms with van der Waals surface area (Å²) in [7, 11) is 0. The van der Waals surface area contributed by atoms with Crippen molar-refractivity contribution in [2.75, 3.05) is 13.1 Å². The van der Waals surface area contributed by atoms with E-state index in [2.05, 4.69) is 65.6 Å². The highest BCUT2D eigenvalue weighted by Gasteiger charge is 2.34. The molecule has 2 atom stereocenters. The summed E-state index contributed by atoms with van der Waals surface area (Å²) in [6, 6.07) is 26.1. The molecule has 7 rings (SSSR count). The largest absolute Gasteiger partial charge is 0.312 e. The van der Waals surface area contributed by atoms with Crippen LogP contribution < -0.4 is 5.56 Å². The highest BCUT2D eigenvalue weighted by atomic mass is 16.1. The number of pyridine rings is 1. The number of piperidine rings is 1. The molecule has 2 aliphatic heterocycles. The number of hydrogen-bond donors (Lipinski definition) is 0. The van der Waals surface area contributed by atoms with Crippen molar-refractivity contribution in [3.63, 3.8) is 0 Å². The molecular formula is C28H24N2O.